The Labute approximate surface area is 125 Å². The van der Waals surface area contributed by atoms with Crippen molar-refractivity contribution in [2.45, 2.75) is 30.4 Å². The van der Waals surface area contributed by atoms with Gasteiger partial charge in [0.1, 0.15) is 0 Å². The second-order valence-corrected chi connectivity index (χ2v) is 7.02. The fourth-order valence-corrected chi connectivity index (χ4v) is 4.06. The lowest BCUT2D eigenvalue weighted by Gasteiger charge is -2.17. The van der Waals surface area contributed by atoms with Gasteiger partial charge < -0.3 is 15.2 Å². The summed E-state index contributed by atoms with van der Waals surface area (Å²) in [7, 11) is -0.466. The van der Waals surface area contributed by atoms with Crippen LogP contribution >= 0.6 is 0 Å². The maximum atomic E-state index is 12.7. The van der Waals surface area contributed by atoms with E-state index in [4.69, 9.17) is 15.2 Å². The molecular weight excluding hydrogens is 292 g/mol. The number of ether oxygens (including phenoxy) is 2. The molecule has 0 aliphatic carbocycles. The molecule has 0 spiro atoms. The van der Waals surface area contributed by atoms with E-state index in [0.29, 0.717) is 5.69 Å². The van der Waals surface area contributed by atoms with Crippen LogP contribution in [0, 0.1) is 0 Å². The smallest absolute Gasteiger partial charge is 0.243 e. The highest BCUT2D eigenvalue weighted by atomic mass is 32.2. The van der Waals surface area contributed by atoms with E-state index in [2.05, 4.69) is 0 Å². The topological polar surface area (TPSA) is 81.9 Å². The van der Waals surface area contributed by atoms with Crippen molar-refractivity contribution in [2.75, 3.05) is 33.0 Å². The van der Waals surface area contributed by atoms with Crippen LogP contribution < -0.4 is 5.73 Å². The summed E-state index contributed by atoms with van der Waals surface area (Å²) in [6, 6.07) is 4.89. The third kappa shape index (κ3) is 3.06. The highest BCUT2D eigenvalue weighted by molar-refractivity contribution is 7.89. The molecule has 2 N–H and O–H groups in total. The molecule has 1 saturated heterocycles. The number of rotatable bonds is 5. The van der Waals surface area contributed by atoms with E-state index in [0.717, 1.165) is 12.0 Å². The van der Waals surface area contributed by atoms with Crippen molar-refractivity contribution in [2.24, 2.45) is 0 Å². The van der Waals surface area contributed by atoms with Crippen LogP contribution in [0.4, 0.5) is 5.69 Å². The van der Waals surface area contributed by atoms with E-state index in [1.54, 1.807) is 26.4 Å². The molecule has 0 aromatic heterocycles. The molecule has 1 heterocycles. The van der Waals surface area contributed by atoms with Gasteiger partial charge in [0.05, 0.1) is 17.1 Å². The molecule has 1 fully saturated rings. The van der Waals surface area contributed by atoms with Crippen molar-refractivity contribution < 1.29 is 17.9 Å². The lowest BCUT2D eigenvalue weighted by Crippen LogP contribution is -2.30. The van der Waals surface area contributed by atoms with E-state index < -0.39 is 10.0 Å². The highest BCUT2D eigenvalue weighted by Crippen LogP contribution is 2.26. The fourth-order valence-electron chi connectivity index (χ4n) is 2.56. The zero-order valence-corrected chi connectivity index (χ0v) is 13.4. The van der Waals surface area contributed by atoms with Gasteiger partial charge in [-0.05, 0) is 24.1 Å². The van der Waals surface area contributed by atoms with Crippen molar-refractivity contribution >= 4 is 15.7 Å². The first kappa shape index (κ1) is 16.2. The number of nitrogens with zero attached hydrogens (tertiary/aromatic N) is 1. The zero-order valence-electron chi connectivity index (χ0n) is 12.6. The fraction of sp³-hybridized carbons (Fsp3) is 0.571. The van der Waals surface area contributed by atoms with Gasteiger partial charge in [0.25, 0.3) is 0 Å². The lowest BCUT2D eigenvalue weighted by molar-refractivity contribution is -0.00461. The van der Waals surface area contributed by atoms with Gasteiger partial charge >= 0.3 is 0 Å². The molecular formula is C14H22N2O4S. The van der Waals surface area contributed by atoms with Crippen LogP contribution in [-0.4, -0.2) is 52.2 Å². The van der Waals surface area contributed by atoms with E-state index in [1.165, 1.54) is 10.4 Å². The summed E-state index contributed by atoms with van der Waals surface area (Å²) in [6.45, 7) is 2.55. The van der Waals surface area contributed by atoms with Gasteiger partial charge in [-0.2, -0.15) is 4.31 Å². The maximum absolute atomic E-state index is 12.7. The Balaban J connectivity index is 2.28. The summed E-state index contributed by atoms with van der Waals surface area (Å²) in [4.78, 5) is 0.212. The van der Waals surface area contributed by atoms with Crippen LogP contribution in [0.25, 0.3) is 0 Å². The van der Waals surface area contributed by atoms with Gasteiger partial charge in [0.2, 0.25) is 10.0 Å². The summed E-state index contributed by atoms with van der Waals surface area (Å²) in [6.07, 6.45) is 0.266. The van der Waals surface area contributed by atoms with Gasteiger partial charge in [-0.25, -0.2) is 8.42 Å². The number of methoxy groups -OCH3 is 2. The minimum Gasteiger partial charge on any atom is -0.398 e. The second-order valence-electron chi connectivity index (χ2n) is 5.08. The minimum absolute atomic E-state index is 0.212. The Bertz CT molecular complexity index is 591. The molecule has 2 atom stereocenters. The molecule has 0 amide bonds. The molecule has 0 bridgehead atoms. The molecule has 0 saturated carbocycles. The van der Waals surface area contributed by atoms with E-state index in [1.807, 2.05) is 6.92 Å². The van der Waals surface area contributed by atoms with Crippen LogP contribution in [0.15, 0.2) is 23.1 Å². The van der Waals surface area contributed by atoms with Crippen molar-refractivity contribution in [3.63, 3.8) is 0 Å². The predicted molar refractivity (Wildman–Crippen MR) is 80.6 cm³/mol. The van der Waals surface area contributed by atoms with Crippen molar-refractivity contribution in [1.82, 2.24) is 4.31 Å². The lowest BCUT2D eigenvalue weighted by atomic mass is 10.1. The summed E-state index contributed by atoms with van der Waals surface area (Å²) in [5.41, 5.74) is 7.35. The van der Waals surface area contributed by atoms with Gasteiger partial charge in [-0.15, -0.1) is 0 Å². The van der Waals surface area contributed by atoms with Gasteiger partial charge in [0, 0.05) is 33.0 Å². The number of hydrogen-bond donors (Lipinski definition) is 1. The first-order valence-corrected chi connectivity index (χ1v) is 8.32. The Morgan fingerprint density at radius 2 is 1.81 bits per heavy atom. The molecule has 1 aromatic rings. The monoisotopic (exact) mass is 314 g/mol. The number of anilines is 1. The van der Waals surface area contributed by atoms with Crippen molar-refractivity contribution in [3.05, 3.63) is 23.8 Å². The molecule has 2 rings (SSSR count). The highest BCUT2D eigenvalue weighted by Gasteiger charge is 2.39. The number of nitrogen functional groups attached to an aromatic ring is 1. The minimum atomic E-state index is -3.58. The van der Waals surface area contributed by atoms with Crippen LogP contribution in [0.1, 0.15) is 12.5 Å². The van der Waals surface area contributed by atoms with Crippen LogP contribution in [0.3, 0.4) is 0 Å². The van der Waals surface area contributed by atoms with Gasteiger partial charge in [0.15, 0.2) is 0 Å². The van der Waals surface area contributed by atoms with Crippen LogP contribution in [-0.2, 0) is 25.9 Å². The first-order chi connectivity index (χ1) is 9.93. The van der Waals surface area contributed by atoms with Gasteiger partial charge in [-0.1, -0.05) is 13.0 Å². The zero-order chi connectivity index (χ0) is 15.6. The number of benzene rings is 1. The van der Waals surface area contributed by atoms with Crippen LogP contribution in [0.5, 0.6) is 0 Å². The number of aryl methyl sites for hydroxylation is 1. The SMILES string of the molecule is CCc1ccc(S(=O)(=O)N2CC(OC)C(OC)C2)cc1N. The molecule has 1 aliphatic rings. The second kappa shape index (κ2) is 6.31. The molecule has 21 heavy (non-hydrogen) atoms. The number of sulfonamides is 1. The predicted octanol–water partition coefficient (Wildman–Crippen LogP) is 0.865. The quantitative estimate of drug-likeness (QED) is 0.815. The standard InChI is InChI=1S/C14H22N2O4S/c1-4-10-5-6-11(7-12(10)15)21(17,18)16-8-13(19-2)14(9-16)20-3/h5-7,13-14H,4,8-9,15H2,1-3H3. The Morgan fingerprint density at radius 1 is 1.24 bits per heavy atom. The number of nitrogens with two attached hydrogens (primary N) is 1. The molecule has 7 heteroatoms. The molecule has 1 aliphatic heterocycles. The molecule has 2 unspecified atom stereocenters. The summed E-state index contributed by atoms with van der Waals surface area (Å²) < 4.78 is 37.3. The Hall–Kier alpha value is -1.15. The normalized spacial score (nSPS) is 23.6. The van der Waals surface area contributed by atoms with E-state index >= 15 is 0 Å². The largest absolute Gasteiger partial charge is 0.398 e. The Morgan fingerprint density at radius 3 is 2.24 bits per heavy atom. The third-order valence-corrected chi connectivity index (χ3v) is 5.75. The van der Waals surface area contributed by atoms with Crippen molar-refractivity contribution in [3.8, 4) is 0 Å². The molecule has 0 radical (unpaired) electrons. The molecule has 1 aromatic carbocycles. The summed E-state index contributed by atoms with van der Waals surface area (Å²) in [5, 5.41) is 0. The van der Waals surface area contributed by atoms with Gasteiger partial charge in [-0.3, -0.25) is 0 Å². The average Bonchev–Trinajstić information content (AvgIpc) is 2.91. The van der Waals surface area contributed by atoms with Crippen molar-refractivity contribution in [1.29, 1.82) is 0 Å². The van der Waals surface area contributed by atoms with Crippen LogP contribution in [0.2, 0.25) is 0 Å². The summed E-state index contributed by atoms with van der Waals surface area (Å²) in [5.74, 6) is 0. The number of hydrogen-bond acceptors (Lipinski definition) is 5. The maximum Gasteiger partial charge on any atom is 0.243 e. The summed E-state index contributed by atoms with van der Waals surface area (Å²) >= 11 is 0. The van der Waals surface area contributed by atoms with E-state index in [9.17, 15) is 8.42 Å². The first-order valence-electron chi connectivity index (χ1n) is 6.88. The Kier molecular flexibility index (Phi) is 4.88. The third-order valence-electron chi connectivity index (χ3n) is 3.92. The average molecular weight is 314 g/mol. The van der Waals surface area contributed by atoms with E-state index in [-0.39, 0.29) is 30.2 Å². The molecule has 6 nitrogen and oxygen atoms in total. The molecule has 118 valence electrons.